The van der Waals surface area contributed by atoms with Gasteiger partial charge >= 0.3 is 11.9 Å². The molecule has 0 bridgehead atoms. The van der Waals surface area contributed by atoms with Gasteiger partial charge in [0.2, 0.25) is 0 Å². The van der Waals surface area contributed by atoms with E-state index in [0.29, 0.717) is 17.9 Å². The summed E-state index contributed by atoms with van der Waals surface area (Å²) in [5, 5.41) is 4.01. The highest BCUT2D eigenvalue weighted by Crippen LogP contribution is 2.53. The first-order valence-electron chi connectivity index (χ1n) is 7.16. The predicted molar refractivity (Wildman–Crippen MR) is 77.1 cm³/mol. The molecule has 3 rings (SSSR count). The van der Waals surface area contributed by atoms with Gasteiger partial charge in [0.05, 0.1) is 25.8 Å². The zero-order chi connectivity index (χ0) is 16.6. The largest absolute Gasteiger partial charge is 0.468 e. The van der Waals surface area contributed by atoms with Gasteiger partial charge in [-0.2, -0.15) is 0 Å². The van der Waals surface area contributed by atoms with Crippen molar-refractivity contribution >= 4 is 17.7 Å². The third-order valence-electron chi connectivity index (χ3n) is 4.52. The van der Waals surface area contributed by atoms with Gasteiger partial charge in [-0.1, -0.05) is 17.3 Å². The minimum Gasteiger partial charge on any atom is -0.468 e. The van der Waals surface area contributed by atoms with Crippen LogP contribution in [0.4, 0.5) is 4.39 Å². The molecule has 0 saturated heterocycles. The second-order valence-corrected chi connectivity index (χ2v) is 5.65. The van der Waals surface area contributed by atoms with Crippen molar-refractivity contribution in [3.05, 3.63) is 35.6 Å². The topological polar surface area (TPSA) is 74.2 Å². The van der Waals surface area contributed by atoms with Gasteiger partial charge < -0.3 is 14.3 Å². The van der Waals surface area contributed by atoms with Gasteiger partial charge in [0.15, 0.2) is 5.41 Å². The maximum Gasteiger partial charge on any atom is 0.324 e. The van der Waals surface area contributed by atoms with E-state index in [1.807, 2.05) is 0 Å². The zero-order valence-corrected chi connectivity index (χ0v) is 12.7. The molecular formula is C16H16FNO5. The van der Waals surface area contributed by atoms with Crippen LogP contribution in [0, 0.1) is 17.2 Å². The average molecular weight is 321 g/mol. The number of hydrogen-bond donors (Lipinski definition) is 0. The summed E-state index contributed by atoms with van der Waals surface area (Å²) in [6.45, 7) is 0.294. The molecule has 1 fully saturated rings. The van der Waals surface area contributed by atoms with Crippen molar-refractivity contribution in [1.29, 1.82) is 0 Å². The van der Waals surface area contributed by atoms with E-state index in [1.54, 1.807) is 0 Å². The lowest BCUT2D eigenvalue weighted by Crippen LogP contribution is -2.44. The number of carbonyl (C=O) groups excluding carboxylic acids is 2. The summed E-state index contributed by atoms with van der Waals surface area (Å²) < 4.78 is 23.0. The van der Waals surface area contributed by atoms with Gasteiger partial charge in [-0.25, -0.2) is 4.39 Å². The Kier molecular flexibility index (Phi) is 3.79. The van der Waals surface area contributed by atoms with Gasteiger partial charge in [-0.15, -0.1) is 0 Å². The van der Waals surface area contributed by atoms with E-state index in [0.717, 1.165) is 0 Å². The molecular weight excluding hydrogens is 305 g/mol. The lowest BCUT2D eigenvalue weighted by Gasteiger charge is -2.30. The summed E-state index contributed by atoms with van der Waals surface area (Å²) in [7, 11) is 2.45. The lowest BCUT2D eigenvalue weighted by atomic mass is 9.73. The molecule has 2 aliphatic rings. The Labute approximate surface area is 132 Å². The number of nitrogens with zero attached hydrogens (tertiary/aromatic N) is 1. The second-order valence-electron chi connectivity index (χ2n) is 5.65. The normalized spacial score (nSPS) is 24.4. The Morgan fingerprint density at radius 1 is 1.22 bits per heavy atom. The Morgan fingerprint density at radius 3 is 2.39 bits per heavy atom. The molecule has 23 heavy (non-hydrogen) atoms. The van der Waals surface area contributed by atoms with Crippen LogP contribution in [0.2, 0.25) is 0 Å². The smallest absolute Gasteiger partial charge is 0.324 e. The monoisotopic (exact) mass is 321 g/mol. The summed E-state index contributed by atoms with van der Waals surface area (Å²) in [5.41, 5.74) is -0.351. The maximum absolute atomic E-state index is 13.2. The first kappa shape index (κ1) is 15.5. The molecule has 1 aliphatic heterocycles. The number of fused-ring (bicyclic) bond motifs is 1. The summed E-state index contributed by atoms with van der Waals surface area (Å²) >= 11 is 0. The number of ether oxygens (including phenoxy) is 2. The van der Waals surface area contributed by atoms with Gasteiger partial charge in [0, 0.05) is 5.92 Å². The molecule has 6 nitrogen and oxygen atoms in total. The maximum atomic E-state index is 13.2. The van der Waals surface area contributed by atoms with E-state index in [-0.39, 0.29) is 12.3 Å². The van der Waals surface area contributed by atoms with E-state index < -0.39 is 29.1 Å². The quantitative estimate of drug-likeness (QED) is 0.625. The van der Waals surface area contributed by atoms with Gasteiger partial charge in [-0.3, -0.25) is 9.59 Å². The molecule has 1 aromatic carbocycles. The molecule has 0 N–H and O–H groups in total. The highest BCUT2D eigenvalue weighted by Gasteiger charge is 2.64. The Hall–Kier alpha value is -2.44. The average Bonchev–Trinajstić information content (AvgIpc) is 3.13. The highest BCUT2D eigenvalue weighted by molar-refractivity contribution is 6.12. The predicted octanol–water partition coefficient (Wildman–Crippen LogP) is 1.65. The van der Waals surface area contributed by atoms with Crippen LogP contribution in [0.1, 0.15) is 17.9 Å². The van der Waals surface area contributed by atoms with E-state index in [4.69, 9.17) is 14.3 Å². The van der Waals surface area contributed by atoms with Gasteiger partial charge in [0.1, 0.15) is 12.4 Å². The number of oxime groups is 1. The first-order chi connectivity index (χ1) is 11.0. The number of methoxy groups -OCH3 is 2. The Balaban J connectivity index is 2.17. The van der Waals surface area contributed by atoms with Gasteiger partial charge in [0.25, 0.3) is 0 Å². The van der Waals surface area contributed by atoms with Crippen molar-refractivity contribution in [2.24, 2.45) is 16.5 Å². The van der Waals surface area contributed by atoms with Crippen LogP contribution in [0.15, 0.2) is 29.4 Å². The molecule has 0 unspecified atom stereocenters. The SMILES string of the molecule is COC(=O)C1(C(=O)OC)C[C@H]2CON=C2[C@H]1c1ccc(F)cc1. The lowest BCUT2D eigenvalue weighted by molar-refractivity contribution is -0.170. The molecule has 1 aliphatic carbocycles. The van der Waals surface area contributed by atoms with Crippen LogP contribution in [0.3, 0.4) is 0 Å². The Bertz CT molecular complexity index is 654. The van der Waals surface area contributed by atoms with Crippen molar-refractivity contribution in [2.75, 3.05) is 20.8 Å². The molecule has 0 radical (unpaired) electrons. The molecule has 122 valence electrons. The number of carbonyl (C=O) groups is 2. The minimum absolute atomic E-state index is 0.178. The fourth-order valence-electron chi connectivity index (χ4n) is 3.53. The van der Waals surface area contributed by atoms with Crippen molar-refractivity contribution in [1.82, 2.24) is 0 Å². The van der Waals surface area contributed by atoms with Crippen LogP contribution in [0.5, 0.6) is 0 Å². The first-order valence-corrected chi connectivity index (χ1v) is 7.16. The number of halogens is 1. The van der Waals surface area contributed by atoms with E-state index in [1.165, 1.54) is 38.5 Å². The van der Waals surface area contributed by atoms with Crippen molar-refractivity contribution in [3.8, 4) is 0 Å². The van der Waals surface area contributed by atoms with Crippen molar-refractivity contribution < 1.29 is 28.3 Å². The fraction of sp³-hybridized carbons (Fsp3) is 0.438. The number of rotatable bonds is 3. The summed E-state index contributed by atoms with van der Waals surface area (Å²) in [6, 6.07) is 5.62. The van der Waals surface area contributed by atoms with E-state index in [9.17, 15) is 14.0 Å². The van der Waals surface area contributed by atoms with Gasteiger partial charge in [-0.05, 0) is 24.1 Å². The number of benzene rings is 1. The van der Waals surface area contributed by atoms with E-state index >= 15 is 0 Å². The fourth-order valence-corrected chi connectivity index (χ4v) is 3.53. The second kappa shape index (κ2) is 5.64. The zero-order valence-electron chi connectivity index (χ0n) is 12.7. The van der Waals surface area contributed by atoms with Crippen LogP contribution in [-0.2, 0) is 23.9 Å². The Morgan fingerprint density at radius 2 is 1.83 bits per heavy atom. The molecule has 0 spiro atoms. The van der Waals surface area contributed by atoms with Crippen LogP contribution >= 0.6 is 0 Å². The molecule has 1 aromatic rings. The number of esters is 2. The molecule has 1 heterocycles. The van der Waals surface area contributed by atoms with E-state index in [2.05, 4.69) is 5.16 Å². The molecule has 1 saturated carbocycles. The molecule has 0 aromatic heterocycles. The van der Waals surface area contributed by atoms with Crippen LogP contribution in [0.25, 0.3) is 0 Å². The standard InChI is InChI=1S/C16H16FNO5/c1-21-14(19)16(15(20)22-2)7-10-8-23-18-13(10)12(16)9-3-5-11(17)6-4-9/h3-6,10,12H,7-8H2,1-2H3/t10-,12+/m0/s1. The van der Waals surface area contributed by atoms with Crippen molar-refractivity contribution in [3.63, 3.8) is 0 Å². The van der Waals surface area contributed by atoms with Crippen LogP contribution in [-0.4, -0.2) is 38.5 Å². The van der Waals surface area contributed by atoms with Crippen molar-refractivity contribution in [2.45, 2.75) is 12.3 Å². The third-order valence-corrected chi connectivity index (χ3v) is 4.52. The highest BCUT2D eigenvalue weighted by atomic mass is 19.1. The molecule has 7 heteroatoms. The van der Waals surface area contributed by atoms with Crippen LogP contribution < -0.4 is 0 Å². The molecule has 0 amide bonds. The number of hydrogen-bond acceptors (Lipinski definition) is 6. The summed E-state index contributed by atoms with van der Waals surface area (Å²) in [5.74, 6) is -2.65. The molecule has 2 atom stereocenters. The third kappa shape index (κ3) is 2.18. The minimum atomic E-state index is -1.53. The summed E-state index contributed by atoms with van der Waals surface area (Å²) in [6.07, 6.45) is 0.188. The summed E-state index contributed by atoms with van der Waals surface area (Å²) in [4.78, 5) is 30.2.